The van der Waals surface area contributed by atoms with Crippen molar-refractivity contribution in [1.82, 2.24) is 15.5 Å². The summed E-state index contributed by atoms with van der Waals surface area (Å²) in [5.74, 6) is 1.64. The summed E-state index contributed by atoms with van der Waals surface area (Å²) in [6.07, 6.45) is 2.63. The average molecular weight is 408 g/mol. The Morgan fingerprint density at radius 3 is 3.00 bits per heavy atom. The van der Waals surface area contributed by atoms with E-state index >= 15 is 0 Å². The number of nitrogens with one attached hydrogen (secondary N) is 2. The third kappa shape index (κ3) is 5.97. The number of aliphatic imine (C=N–C) groups is 1. The Kier molecular flexibility index (Phi) is 8.47. The van der Waals surface area contributed by atoms with Crippen molar-refractivity contribution >= 4 is 41.3 Å². The lowest BCUT2D eigenvalue weighted by atomic mass is 9.99. The van der Waals surface area contributed by atoms with Gasteiger partial charge in [-0.1, -0.05) is 6.07 Å². The van der Waals surface area contributed by atoms with Crippen LogP contribution in [0.1, 0.15) is 17.7 Å². The third-order valence-corrected chi connectivity index (χ3v) is 4.39. The van der Waals surface area contributed by atoms with Gasteiger partial charge in [0, 0.05) is 25.0 Å². The number of rotatable bonds is 4. The summed E-state index contributed by atoms with van der Waals surface area (Å²) in [6, 6.07) is 4.22. The second-order valence-corrected chi connectivity index (χ2v) is 6.19. The summed E-state index contributed by atoms with van der Waals surface area (Å²) >= 11 is 1.77. The van der Waals surface area contributed by atoms with Gasteiger partial charge in [-0.25, -0.2) is 0 Å². The molecule has 0 amide bonds. The summed E-state index contributed by atoms with van der Waals surface area (Å²) in [5.41, 5.74) is 0. The molecule has 1 atom stereocenters. The lowest BCUT2D eigenvalue weighted by Gasteiger charge is -2.30. The first kappa shape index (κ1) is 17.7. The van der Waals surface area contributed by atoms with Crippen LogP contribution in [0.3, 0.4) is 0 Å². The van der Waals surface area contributed by atoms with E-state index in [0.717, 1.165) is 25.0 Å². The van der Waals surface area contributed by atoms with Crippen LogP contribution in [0.4, 0.5) is 0 Å². The minimum Gasteiger partial charge on any atom is -0.356 e. The maximum absolute atomic E-state index is 4.28. The molecule has 4 nitrogen and oxygen atoms in total. The van der Waals surface area contributed by atoms with E-state index in [1.165, 1.54) is 30.8 Å². The molecule has 2 rings (SSSR count). The number of hydrogen-bond acceptors (Lipinski definition) is 3. The largest absolute Gasteiger partial charge is 0.356 e. The molecule has 0 aliphatic carbocycles. The fourth-order valence-corrected chi connectivity index (χ4v) is 3.13. The van der Waals surface area contributed by atoms with E-state index in [9.17, 15) is 0 Å². The minimum absolute atomic E-state index is 0. The lowest BCUT2D eigenvalue weighted by Crippen LogP contribution is -2.43. The van der Waals surface area contributed by atoms with Crippen molar-refractivity contribution in [2.45, 2.75) is 19.4 Å². The van der Waals surface area contributed by atoms with Crippen molar-refractivity contribution in [3.63, 3.8) is 0 Å². The van der Waals surface area contributed by atoms with Gasteiger partial charge in [0.05, 0.1) is 6.54 Å². The summed E-state index contributed by atoms with van der Waals surface area (Å²) in [7, 11) is 4.03. The summed E-state index contributed by atoms with van der Waals surface area (Å²) in [4.78, 5) is 8.02. The van der Waals surface area contributed by atoms with E-state index in [1.807, 2.05) is 7.05 Å². The monoisotopic (exact) mass is 408 g/mol. The molecule has 0 bridgehead atoms. The topological polar surface area (TPSA) is 39.7 Å². The molecule has 0 radical (unpaired) electrons. The standard InChI is InChI=1S/C14H24N4S.HI/c1-15-14(17-10-13-6-4-8-19-13)16-9-12-5-3-7-18(2)11-12;/h4,6,8,12H,3,5,7,9-11H2,1-2H3,(H2,15,16,17);1H. The van der Waals surface area contributed by atoms with E-state index in [0.29, 0.717) is 0 Å². The lowest BCUT2D eigenvalue weighted by molar-refractivity contribution is 0.210. The van der Waals surface area contributed by atoms with Crippen molar-refractivity contribution in [3.05, 3.63) is 22.4 Å². The zero-order valence-corrected chi connectivity index (χ0v) is 15.4. The van der Waals surface area contributed by atoms with Crippen LogP contribution >= 0.6 is 35.3 Å². The Morgan fingerprint density at radius 1 is 1.50 bits per heavy atom. The number of piperidine rings is 1. The normalized spacial score (nSPS) is 20.3. The van der Waals surface area contributed by atoms with Crippen LogP contribution in [0, 0.1) is 5.92 Å². The summed E-state index contributed by atoms with van der Waals surface area (Å²) in [5, 5.41) is 8.90. The van der Waals surface area contributed by atoms with Crippen molar-refractivity contribution in [2.75, 3.05) is 33.7 Å². The fourth-order valence-electron chi connectivity index (χ4n) is 2.49. The molecule has 1 saturated heterocycles. The number of halogens is 1. The van der Waals surface area contributed by atoms with Gasteiger partial charge < -0.3 is 15.5 Å². The molecule has 0 spiro atoms. The summed E-state index contributed by atoms with van der Waals surface area (Å²) < 4.78 is 0. The number of guanidine groups is 1. The van der Waals surface area contributed by atoms with Crippen LogP contribution in [-0.4, -0.2) is 44.6 Å². The van der Waals surface area contributed by atoms with Crippen molar-refractivity contribution in [2.24, 2.45) is 10.9 Å². The molecule has 20 heavy (non-hydrogen) atoms. The maximum Gasteiger partial charge on any atom is 0.191 e. The van der Waals surface area contributed by atoms with Crippen LogP contribution in [0.15, 0.2) is 22.5 Å². The molecule has 1 aromatic heterocycles. The average Bonchev–Trinajstić information content (AvgIpc) is 2.92. The molecule has 0 saturated carbocycles. The SMILES string of the molecule is CN=C(NCc1cccs1)NCC1CCCN(C)C1.I. The van der Waals surface area contributed by atoms with E-state index in [4.69, 9.17) is 0 Å². The highest BCUT2D eigenvalue weighted by Gasteiger charge is 2.17. The van der Waals surface area contributed by atoms with Gasteiger partial charge in [0.15, 0.2) is 5.96 Å². The molecule has 1 fully saturated rings. The third-order valence-electron chi connectivity index (χ3n) is 3.51. The van der Waals surface area contributed by atoms with Gasteiger partial charge >= 0.3 is 0 Å². The Bertz CT molecular complexity index is 394. The molecule has 1 aromatic rings. The molecule has 1 aliphatic rings. The summed E-state index contributed by atoms with van der Waals surface area (Å²) in [6.45, 7) is 4.28. The molecule has 1 unspecified atom stereocenters. The molecular formula is C14H25IN4S. The second kappa shape index (κ2) is 9.57. The van der Waals surface area contributed by atoms with Crippen LogP contribution in [-0.2, 0) is 6.54 Å². The first-order chi connectivity index (χ1) is 9.28. The Morgan fingerprint density at radius 2 is 2.35 bits per heavy atom. The zero-order chi connectivity index (χ0) is 13.5. The highest BCUT2D eigenvalue weighted by molar-refractivity contribution is 14.0. The Labute approximate surface area is 143 Å². The number of hydrogen-bond donors (Lipinski definition) is 2. The van der Waals surface area contributed by atoms with Crippen LogP contribution in [0.2, 0.25) is 0 Å². The Balaban J connectivity index is 0.00000200. The van der Waals surface area contributed by atoms with Gasteiger partial charge in [0.1, 0.15) is 0 Å². The molecular weight excluding hydrogens is 383 g/mol. The van der Waals surface area contributed by atoms with Gasteiger partial charge in [-0.2, -0.15) is 0 Å². The quantitative estimate of drug-likeness (QED) is 0.457. The van der Waals surface area contributed by atoms with E-state index in [2.05, 4.69) is 45.1 Å². The van der Waals surface area contributed by atoms with Crippen molar-refractivity contribution in [1.29, 1.82) is 0 Å². The molecule has 114 valence electrons. The maximum atomic E-state index is 4.28. The fraction of sp³-hybridized carbons (Fsp3) is 0.643. The van der Waals surface area contributed by atoms with E-state index in [1.54, 1.807) is 11.3 Å². The number of thiophene rings is 1. The first-order valence-electron chi connectivity index (χ1n) is 6.93. The molecule has 0 aromatic carbocycles. The Hall–Kier alpha value is -0.340. The van der Waals surface area contributed by atoms with Crippen molar-refractivity contribution in [3.8, 4) is 0 Å². The highest BCUT2D eigenvalue weighted by atomic mass is 127. The smallest absolute Gasteiger partial charge is 0.191 e. The van der Waals surface area contributed by atoms with E-state index in [-0.39, 0.29) is 24.0 Å². The predicted molar refractivity (Wildman–Crippen MR) is 98.2 cm³/mol. The van der Waals surface area contributed by atoms with Crippen LogP contribution in [0.5, 0.6) is 0 Å². The molecule has 6 heteroatoms. The first-order valence-corrected chi connectivity index (χ1v) is 7.81. The molecule has 2 N–H and O–H groups in total. The van der Waals surface area contributed by atoms with Crippen molar-refractivity contribution < 1.29 is 0 Å². The zero-order valence-electron chi connectivity index (χ0n) is 12.3. The predicted octanol–water partition coefficient (Wildman–Crippen LogP) is 2.37. The van der Waals surface area contributed by atoms with Crippen LogP contribution in [0.25, 0.3) is 0 Å². The van der Waals surface area contributed by atoms with E-state index < -0.39 is 0 Å². The molecule has 2 heterocycles. The van der Waals surface area contributed by atoms with Gasteiger partial charge in [-0.3, -0.25) is 4.99 Å². The van der Waals surface area contributed by atoms with Gasteiger partial charge in [0.25, 0.3) is 0 Å². The minimum atomic E-state index is 0. The van der Waals surface area contributed by atoms with Gasteiger partial charge in [-0.05, 0) is 43.8 Å². The number of nitrogens with zero attached hydrogens (tertiary/aromatic N) is 2. The van der Waals surface area contributed by atoms with Gasteiger partial charge in [0.2, 0.25) is 0 Å². The second-order valence-electron chi connectivity index (χ2n) is 5.16. The van der Waals surface area contributed by atoms with Gasteiger partial charge in [-0.15, -0.1) is 35.3 Å². The highest BCUT2D eigenvalue weighted by Crippen LogP contribution is 2.13. The van der Waals surface area contributed by atoms with Crippen LogP contribution < -0.4 is 10.6 Å². The molecule has 1 aliphatic heterocycles. The number of likely N-dealkylation sites (tertiary alicyclic amines) is 1.